The van der Waals surface area contributed by atoms with Gasteiger partial charge in [0.25, 0.3) is 5.91 Å². The molecule has 1 fully saturated rings. The molecule has 0 spiro atoms. The van der Waals surface area contributed by atoms with E-state index in [1.807, 2.05) is 42.2 Å². The number of rotatable bonds is 5. The smallest absolute Gasteiger partial charge is 0.322 e. The van der Waals surface area contributed by atoms with Crippen LogP contribution in [0.3, 0.4) is 0 Å². The molecular formula is C25H23F2N3O2. The first kappa shape index (κ1) is 21.5. The fourth-order valence-electron chi connectivity index (χ4n) is 3.85. The Labute approximate surface area is 185 Å². The van der Waals surface area contributed by atoms with E-state index in [-0.39, 0.29) is 17.6 Å². The molecule has 1 unspecified atom stereocenters. The minimum Gasteiger partial charge on any atom is -0.322 e. The van der Waals surface area contributed by atoms with Crippen molar-refractivity contribution < 1.29 is 18.4 Å². The highest BCUT2D eigenvalue weighted by Gasteiger charge is 2.30. The normalized spacial score (nSPS) is 14.9. The Kier molecular flexibility index (Phi) is 6.16. The van der Waals surface area contributed by atoms with E-state index in [2.05, 4.69) is 5.32 Å². The zero-order valence-electron chi connectivity index (χ0n) is 17.6. The van der Waals surface area contributed by atoms with E-state index in [0.29, 0.717) is 30.5 Å². The Hall–Kier alpha value is -3.74. The summed E-state index contributed by atoms with van der Waals surface area (Å²) in [4.78, 5) is 29.0. The highest BCUT2D eigenvalue weighted by molar-refractivity contribution is 6.04. The molecule has 0 aliphatic carbocycles. The van der Waals surface area contributed by atoms with Crippen LogP contribution in [0.5, 0.6) is 0 Å². The van der Waals surface area contributed by atoms with Gasteiger partial charge < -0.3 is 10.2 Å². The molecule has 5 nitrogen and oxygen atoms in total. The number of urea groups is 1. The molecule has 3 aromatic rings. The summed E-state index contributed by atoms with van der Waals surface area (Å²) in [5.41, 5.74) is 1.99. The van der Waals surface area contributed by atoms with Crippen molar-refractivity contribution in [1.82, 2.24) is 4.90 Å². The molecule has 1 saturated heterocycles. The Bertz CT molecular complexity index is 1120. The first-order valence-electron chi connectivity index (χ1n) is 10.4. The van der Waals surface area contributed by atoms with E-state index in [0.717, 1.165) is 24.1 Å². The summed E-state index contributed by atoms with van der Waals surface area (Å²) in [6.07, 6.45) is 0.839. The number of nitrogens with one attached hydrogen (secondary N) is 1. The van der Waals surface area contributed by atoms with Gasteiger partial charge in [-0.1, -0.05) is 30.3 Å². The van der Waals surface area contributed by atoms with Crippen LogP contribution in [0.1, 0.15) is 35.3 Å². The van der Waals surface area contributed by atoms with E-state index in [1.54, 1.807) is 29.2 Å². The van der Waals surface area contributed by atoms with Gasteiger partial charge in [-0.2, -0.15) is 0 Å². The molecule has 1 aliphatic heterocycles. The number of nitrogens with zero attached hydrogens (tertiary/aromatic N) is 2. The van der Waals surface area contributed by atoms with Crippen molar-refractivity contribution in [3.05, 3.63) is 95.6 Å². The fraction of sp³-hybridized carbons (Fsp3) is 0.200. The SMILES string of the molecule is CC(c1ccccc1)N1CCCN(c2ccc(NC(=O)c3ccc(F)cc3F)cc2)C1=O. The van der Waals surface area contributed by atoms with Gasteiger partial charge in [0, 0.05) is 30.5 Å². The predicted molar refractivity (Wildman–Crippen MR) is 120 cm³/mol. The molecular weight excluding hydrogens is 412 g/mol. The average Bonchev–Trinajstić information content (AvgIpc) is 2.80. The number of anilines is 2. The molecule has 1 N–H and O–H groups in total. The molecule has 1 atom stereocenters. The maximum absolute atomic E-state index is 13.8. The Morgan fingerprint density at radius 2 is 1.69 bits per heavy atom. The standard InChI is InChI=1S/C25H23F2N3O2/c1-17(18-6-3-2-4-7-18)29-14-5-15-30(25(29)32)21-11-9-20(10-12-21)28-24(31)22-13-8-19(26)16-23(22)27/h2-4,6-13,16-17H,5,14-15H2,1H3,(H,28,31). The van der Waals surface area contributed by atoms with Gasteiger partial charge in [-0.3, -0.25) is 9.69 Å². The summed E-state index contributed by atoms with van der Waals surface area (Å²) in [6.45, 7) is 3.30. The number of carbonyl (C=O) groups excluding carboxylic acids is 2. The number of benzene rings is 3. The molecule has 0 saturated carbocycles. The molecule has 0 bridgehead atoms. The monoisotopic (exact) mass is 435 g/mol. The predicted octanol–water partition coefficient (Wildman–Crippen LogP) is 5.61. The van der Waals surface area contributed by atoms with Gasteiger partial charge in [0.15, 0.2) is 0 Å². The van der Waals surface area contributed by atoms with Crippen LogP contribution in [-0.2, 0) is 0 Å². The molecule has 3 amide bonds. The molecule has 32 heavy (non-hydrogen) atoms. The van der Waals surface area contributed by atoms with Gasteiger partial charge in [0.1, 0.15) is 11.6 Å². The molecule has 4 rings (SSSR count). The van der Waals surface area contributed by atoms with Crippen LogP contribution >= 0.6 is 0 Å². The summed E-state index contributed by atoms with van der Waals surface area (Å²) in [6, 6.07) is 19.4. The lowest BCUT2D eigenvalue weighted by Crippen LogP contribution is -2.50. The Morgan fingerprint density at radius 1 is 0.969 bits per heavy atom. The highest BCUT2D eigenvalue weighted by Crippen LogP contribution is 2.28. The minimum absolute atomic E-state index is 0.0457. The lowest BCUT2D eigenvalue weighted by atomic mass is 10.1. The molecule has 0 radical (unpaired) electrons. The van der Waals surface area contributed by atoms with Crippen molar-refractivity contribution >= 4 is 23.3 Å². The summed E-state index contributed by atoms with van der Waals surface area (Å²) in [5.74, 6) is -2.34. The van der Waals surface area contributed by atoms with E-state index in [9.17, 15) is 18.4 Å². The number of carbonyl (C=O) groups is 2. The first-order valence-corrected chi connectivity index (χ1v) is 10.4. The van der Waals surface area contributed by atoms with Crippen LogP contribution in [0.4, 0.5) is 25.0 Å². The summed E-state index contributed by atoms with van der Waals surface area (Å²) in [5, 5.41) is 2.59. The van der Waals surface area contributed by atoms with Crippen molar-refractivity contribution in [1.29, 1.82) is 0 Å². The summed E-state index contributed by atoms with van der Waals surface area (Å²) in [7, 11) is 0. The number of amides is 3. The van der Waals surface area contributed by atoms with Gasteiger partial charge in [-0.25, -0.2) is 13.6 Å². The molecule has 164 valence electrons. The lowest BCUT2D eigenvalue weighted by molar-refractivity contribution is 0.102. The molecule has 3 aromatic carbocycles. The highest BCUT2D eigenvalue weighted by atomic mass is 19.1. The van der Waals surface area contributed by atoms with Crippen LogP contribution in [0, 0.1) is 11.6 Å². The minimum atomic E-state index is -0.925. The quantitative estimate of drug-likeness (QED) is 0.566. The second-order valence-corrected chi connectivity index (χ2v) is 7.69. The van der Waals surface area contributed by atoms with Gasteiger partial charge in [0.05, 0.1) is 11.6 Å². The van der Waals surface area contributed by atoms with Gasteiger partial charge in [-0.05, 0) is 55.3 Å². The van der Waals surface area contributed by atoms with Crippen LogP contribution in [0.25, 0.3) is 0 Å². The topological polar surface area (TPSA) is 52.6 Å². The van der Waals surface area contributed by atoms with Crippen LogP contribution in [-0.4, -0.2) is 29.9 Å². The third-order valence-corrected chi connectivity index (χ3v) is 5.62. The van der Waals surface area contributed by atoms with E-state index in [1.165, 1.54) is 0 Å². The molecule has 1 heterocycles. The van der Waals surface area contributed by atoms with Crippen LogP contribution in [0.15, 0.2) is 72.8 Å². The number of halogens is 2. The fourth-order valence-corrected chi connectivity index (χ4v) is 3.85. The summed E-state index contributed by atoms with van der Waals surface area (Å²) < 4.78 is 26.9. The van der Waals surface area contributed by atoms with Crippen LogP contribution in [0.2, 0.25) is 0 Å². The second kappa shape index (κ2) is 9.18. The molecule has 1 aliphatic rings. The maximum atomic E-state index is 13.8. The third kappa shape index (κ3) is 4.46. The molecule has 7 heteroatoms. The van der Waals surface area contributed by atoms with Gasteiger partial charge in [-0.15, -0.1) is 0 Å². The van der Waals surface area contributed by atoms with E-state index in [4.69, 9.17) is 0 Å². The second-order valence-electron chi connectivity index (χ2n) is 7.69. The van der Waals surface area contributed by atoms with E-state index < -0.39 is 17.5 Å². The van der Waals surface area contributed by atoms with Crippen molar-refractivity contribution in [2.75, 3.05) is 23.3 Å². The zero-order chi connectivity index (χ0) is 22.7. The first-order chi connectivity index (χ1) is 15.4. The summed E-state index contributed by atoms with van der Waals surface area (Å²) >= 11 is 0. The average molecular weight is 435 g/mol. The van der Waals surface area contributed by atoms with Crippen LogP contribution < -0.4 is 10.2 Å². The van der Waals surface area contributed by atoms with Gasteiger partial charge >= 0.3 is 6.03 Å². The molecule has 0 aromatic heterocycles. The maximum Gasteiger partial charge on any atom is 0.324 e. The zero-order valence-corrected chi connectivity index (χ0v) is 17.6. The lowest BCUT2D eigenvalue weighted by Gasteiger charge is -2.39. The van der Waals surface area contributed by atoms with Crippen molar-refractivity contribution in [3.63, 3.8) is 0 Å². The Balaban J connectivity index is 1.46. The van der Waals surface area contributed by atoms with Crippen molar-refractivity contribution in [2.24, 2.45) is 0 Å². The van der Waals surface area contributed by atoms with Crippen molar-refractivity contribution in [3.8, 4) is 0 Å². The van der Waals surface area contributed by atoms with Gasteiger partial charge in [0.2, 0.25) is 0 Å². The van der Waals surface area contributed by atoms with Crippen molar-refractivity contribution in [2.45, 2.75) is 19.4 Å². The number of hydrogen-bond acceptors (Lipinski definition) is 2. The van der Waals surface area contributed by atoms with E-state index >= 15 is 0 Å². The largest absolute Gasteiger partial charge is 0.324 e. The Morgan fingerprint density at radius 3 is 2.38 bits per heavy atom. The third-order valence-electron chi connectivity index (χ3n) is 5.62. The number of hydrogen-bond donors (Lipinski definition) is 1.